The van der Waals surface area contributed by atoms with Gasteiger partial charge in [-0.25, -0.2) is 0 Å². The molecule has 0 aromatic heterocycles. The van der Waals surface area contributed by atoms with Gasteiger partial charge in [0.25, 0.3) is 0 Å². The highest BCUT2D eigenvalue weighted by Gasteiger charge is 2.35. The molecule has 2 aliphatic rings. The summed E-state index contributed by atoms with van der Waals surface area (Å²) in [6.45, 7) is 2.75. The normalized spacial score (nSPS) is 33.5. The van der Waals surface area contributed by atoms with E-state index in [4.69, 9.17) is 10.5 Å². The van der Waals surface area contributed by atoms with Crippen molar-refractivity contribution in [2.45, 2.75) is 56.7 Å². The lowest BCUT2D eigenvalue weighted by Gasteiger charge is -2.37. The minimum Gasteiger partial charge on any atom is -0.376 e. The summed E-state index contributed by atoms with van der Waals surface area (Å²) in [5, 5.41) is 3.01. The van der Waals surface area contributed by atoms with Crippen molar-refractivity contribution >= 4 is 5.91 Å². The molecule has 0 bridgehead atoms. The molecule has 1 aliphatic carbocycles. The Morgan fingerprint density at radius 1 is 1.60 bits per heavy atom. The highest BCUT2D eigenvalue weighted by molar-refractivity contribution is 5.77. The number of nitrogens with one attached hydrogen (secondary N) is 1. The fourth-order valence-corrected chi connectivity index (χ4v) is 2.31. The van der Waals surface area contributed by atoms with E-state index < -0.39 is 0 Å². The molecule has 1 saturated carbocycles. The van der Waals surface area contributed by atoms with Crippen LogP contribution in [-0.4, -0.2) is 30.2 Å². The fraction of sp³-hybridized carbons (Fsp3) is 0.909. The average Bonchev–Trinajstić information content (AvgIpc) is 2.49. The van der Waals surface area contributed by atoms with Gasteiger partial charge in [0, 0.05) is 18.6 Å². The SMILES string of the molecule is CC1OCCC1NC(=O)CC1(N)CCC1. The average molecular weight is 212 g/mol. The first-order chi connectivity index (χ1) is 7.09. The fourth-order valence-electron chi connectivity index (χ4n) is 2.31. The molecule has 1 amide bonds. The highest BCUT2D eigenvalue weighted by Crippen LogP contribution is 2.32. The summed E-state index contributed by atoms with van der Waals surface area (Å²) >= 11 is 0. The molecule has 2 unspecified atom stereocenters. The third-order valence-electron chi connectivity index (χ3n) is 3.58. The van der Waals surface area contributed by atoms with Crippen LogP contribution >= 0.6 is 0 Å². The van der Waals surface area contributed by atoms with E-state index in [1.807, 2.05) is 6.92 Å². The highest BCUT2D eigenvalue weighted by atomic mass is 16.5. The zero-order valence-corrected chi connectivity index (χ0v) is 9.29. The molecule has 2 atom stereocenters. The van der Waals surface area contributed by atoms with Crippen molar-refractivity contribution in [3.63, 3.8) is 0 Å². The van der Waals surface area contributed by atoms with Crippen LogP contribution < -0.4 is 11.1 Å². The number of nitrogens with two attached hydrogens (primary N) is 1. The third-order valence-corrected chi connectivity index (χ3v) is 3.58. The Morgan fingerprint density at radius 3 is 2.80 bits per heavy atom. The summed E-state index contributed by atoms with van der Waals surface area (Å²) in [6.07, 6.45) is 4.66. The Kier molecular flexibility index (Phi) is 2.98. The van der Waals surface area contributed by atoms with Crippen molar-refractivity contribution < 1.29 is 9.53 Å². The van der Waals surface area contributed by atoms with Crippen LogP contribution in [0.4, 0.5) is 0 Å². The van der Waals surface area contributed by atoms with Gasteiger partial charge in [-0.05, 0) is 32.6 Å². The van der Waals surface area contributed by atoms with Crippen molar-refractivity contribution in [3.05, 3.63) is 0 Å². The van der Waals surface area contributed by atoms with E-state index in [1.165, 1.54) is 0 Å². The predicted molar refractivity (Wildman–Crippen MR) is 57.3 cm³/mol. The molecule has 2 rings (SSSR count). The second kappa shape index (κ2) is 4.10. The molecule has 2 fully saturated rings. The molecule has 1 aliphatic heterocycles. The lowest BCUT2D eigenvalue weighted by molar-refractivity contribution is -0.124. The zero-order valence-electron chi connectivity index (χ0n) is 9.29. The standard InChI is InChI=1S/C11H20N2O2/c1-8-9(3-6-15-8)13-10(14)7-11(12)4-2-5-11/h8-9H,2-7,12H2,1H3,(H,13,14). The zero-order chi connectivity index (χ0) is 10.9. The number of carbonyl (C=O) groups excluding carboxylic acids is 1. The van der Waals surface area contributed by atoms with E-state index in [9.17, 15) is 4.79 Å². The molecule has 0 spiro atoms. The summed E-state index contributed by atoms with van der Waals surface area (Å²) in [5.41, 5.74) is 5.81. The first-order valence-corrected chi connectivity index (χ1v) is 5.79. The van der Waals surface area contributed by atoms with Gasteiger partial charge >= 0.3 is 0 Å². The molecule has 0 aromatic carbocycles. The molecule has 3 N–H and O–H groups in total. The van der Waals surface area contributed by atoms with Gasteiger partial charge in [-0.2, -0.15) is 0 Å². The van der Waals surface area contributed by atoms with Crippen LogP contribution in [0.15, 0.2) is 0 Å². The number of carbonyl (C=O) groups is 1. The van der Waals surface area contributed by atoms with Crippen molar-refractivity contribution in [2.24, 2.45) is 5.73 Å². The molecule has 86 valence electrons. The van der Waals surface area contributed by atoms with Crippen LogP contribution in [0.25, 0.3) is 0 Å². The van der Waals surface area contributed by atoms with Crippen LogP contribution in [0, 0.1) is 0 Å². The molecule has 0 radical (unpaired) electrons. The predicted octanol–water partition coefficient (Wildman–Crippen LogP) is 0.551. The molecular formula is C11H20N2O2. The van der Waals surface area contributed by atoms with Crippen LogP contribution in [0.3, 0.4) is 0 Å². The van der Waals surface area contributed by atoms with Gasteiger partial charge in [0.2, 0.25) is 5.91 Å². The number of rotatable bonds is 3. The van der Waals surface area contributed by atoms with Crippen LogP contribution in [0.2, 0.25) is 0 Å². The van der Waals surface area contributed by atoms with E-state index >= 15 is 0 Å². The number of amides is 1. The monoisotopic (exact) mass is 212 g/mol. The quantitative estimate of drug-likeness (QED) is 0.718. The van der Waals surface area contributed by atoms with Crippen molar-refractivity contribution in [2.75, 3.05) is 6.61 Å². The van der Waals surface area contributed by atoms with Crippen molar-refractivity contribution in [1.29, 1.82) is 0 Å². The number of hydrogen-bond acceptors (Lipinski definition) is 3. The molecule has 4 nitrogen and oxygen atoms in total. The maximum Gasteiger partial charge on any atom is 0.222 e. The Bertz CT molecular complexity index is 251. The molecule has 15 heavy (non-hydrogen) atoms. The van der Waals surface area contributed by atoms with E-state index in [2.05, 4.69) is 5.32 Å². The second-order valence-corrected chi connectivity index (χ2v) is 4.93. The van der Waals surface area contributed by atoms with Gasteiger partial charge in [-0.3, -0.25) is 4.79 Å². The van der Waals surface area contributed by atoms with Gasteiger partial charge in [0.15, 0.2) is 0 Å². The Balaban J connectivity index is 1.76. The summed E-state index contributed by atoms with van der Waals surface area (Å²) in [7, 11) is 0. The van der Waals surface area contributed by atoms with E-state index in [0.717, 1.165) is 32.3 Å². The molecule has 4 heteroatoms. The van der Waals surface area contributed by atoms with Gasteiger partial charge < -0.3 is 15.8 Å². The topological polar surface area (TPSA) is 64.3 Å². The van der Waals surface area contributed by atoms with Gasteiger partial charge in [-0.1, -0.05) is 0 Å². The Hall–Kier alpha value is -0.610. The summed E-state index contributed by atoms with van der Waals surface area (Å²) in [5.74, 6) is 0.0829. The number of ether oxygens (including phenoxy) is 1. The van der Waals surface area contributed by atoms with E-state index in [1.54, 1.807) is 0 Å². The van der Waals surface area contributed by atoms with Crippen LogP contribution in [0.5, 0.6) is 0 Å². The molecular weight excluding hydrogens is 192 g/mol. The summed E-state index contributed by atoms with van der Waals surface area (Å²) in [4.78, 5) is 11.7. The Labute approximate surface area is 90.5 Å². The smallest absolute Gasteiger partial charge is 0.222 e. The van der Waals surface area contributed by atoms with Crippen molar-refractivity contribution in [1.82, 2.24) is 5.32 Å². The second-order valence-electron chi connectivity index (χ2n) is 4.93. The maximum absolute atomic E-state index is 11.7. The Morgan fingerprint density at radius 2 is 2.33 bits per heavy atom. The van der Waals surface area contributed by atoms with E-state index in [-0.39, 0.29) is 23.6 Å². The van der Waals surface area contributed by atoms with Gasteiger partial charge in [0.05, 0.1) is 12.1 Å². The largest absolute Gasteiger partial charge is 0.376 e. The minimum atomic E-state index is -0.215. The van der Waals surface area contributed by atoms with Crippen LogP contribution in [-0.2, 0) is 9.53 Å². The molecule has 1 saturated heterocycles. The first kappa shape index (κ1) is 10.9. The van der Waals surface area contributed by atoms with Crippen LogP contribution in [0.1, 0.15) is 39.0 Å². The molecule has 1 heterocycles. The lowest BCUT2D eigenvalue weighted by atomic mass is 9.75. The van der Waals surface area contributed by atoms with Gasteiger partial charge in [0.1, 0.15) is 0 Å². The minimum absolute atomic E-state index is 0.0829. The molecule has 0 aromatic rings. The lowest BCUT2D eigenvalue weighted by Crippen LogP contribution is -2.51. The first-order valence-electron chi connectivity index (χ1n) is 5.79. The summed E-state index contributed by atoms with van der Waals surface area (Å²) in [6, 6.07) is 0.182. The van der Waals surface area contributed by atoms with E-state index in [0.29, 0.717) is 6.42 Å². The third kappa shape index (κ3) is 2.49. The van der Waals surface area contributed by atoms with Crippen molar-refractivity contribution in [3.8, 4) is 0 Å². The maximum atomic E-state index is 11.7. The summed E-state index contributed by atoms with van der Waals surface area (Å²) < 4.78 is 5.39. The van der Waals surface area contributed by atoms with Gasteiger partial charge in [-0.15, -0.1) is 0 Å². The number of hydrogen-bond donors (Lipinski definition) is 2.